The van der Waals surface area contributed by atoms with E-state index in [0.29, 0.717) is 13.0 Å². The number of benzene rings is 1. The SMILES string of the molecule is NC(CNC(=O)c1nc(Cl)c(N)nc1N)=NCCCCc1ccc(-c2cnc(CCC(=O)O)s2)cc1. The van der Waals surface area contributed by atoms with Gasteiger partial charge in [0.2, 0.25) is 0 Å². The molecule has 1 amide bonds. The number of nitrogen functional groups attached to an aromatic ring is 2. The molecule has 3 rings (SSSR count). The van der Waals surface area contributed by atoms with Gasteiger partial charge < -0.3 is 27.6 Å². The number of hydrogen-bond donors (Lipinski definition) is 5. The summed E-state index contributed by atoms with van der Waals surface area (Å²) < 4.78 is 0. The van der Waals surface area contributed by atoms with E-state index in [-0.39, 0.29) is 41.3 Å². The molecular formula is C23H27ClN8O3S. The van der Waals surface area contributed by atoms with Crippen LogP contribution in [0.4, 0.5) is 11.6 Å². The summed E-state index contributed by atoms with van der Waals surface area (Å²) >= 11 is 7.31. The number of nitrogens with one attached hydrogen (secondary N) is 1. The van der Waals surface area contributed by atoms with Gasteiger partial charge in [-0.2, -0.15) is 0 Å². The molecule has 0 fully saturated rings. The molecule has 13 heteroatoms. The molecule has 0 saturated heterocycles. The highest BCUT2D eigenvalue weighted by Gasteiger charge is 2.15. The molecule has 1 aromatic carbocycles. The van der Waals surface area contributed by atoms with Crippen molar-refractivity contribution >= 4 is 52.3 Å². The monoisotopic (exact) mass is 530 g/mol. The van der Waals surface area contributed by atoms with Crippen molar-refractivity contribution in [3.05, 3.63) is 51.9 Å². The number of amidine groups is 1. The molecular weight excluding hydrogens is 504 g/mol. The number of carboxylic acid groups (broad SMARTS) is 1. The standard InChI is InChI=1S/C23H27ClN8O3S/c24-20-22(27)32-21(26)19(31-20)23(35)30-12-16(25)28-10-2-1-3-13-4-6-14(7-5-13)15-11-29-17(36-15)8-9-18(33)34/h4-7,11H,1-3,8-10,12H2,(H2,25,28)(H,30,35)(H,33,34)(H4,26,27,32). The van der Waals surface area contributed by atoms with Crippen LogP contribution in [0.1, 0.15) is 40.3 Å². The van der Waals surface area contributed by atoms with E-state index in [1.807, 2.05) is 12.1 Å². The predicted octanol–water partition coefficient (Wildman–Crippen LogP) is 2.55. The van der Waals surface area contributed by atoms with Crippen molar-refractivity contribution in [2.45, 2.75) is 32.1 Å². The number of aromatic nitrogens is 3. The summed E-state index contributed by atoms with van der Waals surface area (Å²) in [5.41, 5.74) is 19.2. The van der Waals surface area contributed by atoms with Gasteiger partial charge in [-0.1, -0.05) is 35.9 Å². The van der Waals surface area contributed by atoms with E-state index < -0.39 is 11.9 Å². The lowest BCUT2D eigenvalue weighted by atomic mass is 10.1. The highest BCUT2D eigenvalue weighted by molar-refractivity contribution is 7.15. The molecule has 3 aromatic rings. The summed E-state index contributed by atoms with van der Waals surface area (Å²) in [7, 11) is 0. The second-order valence-electron chi connectivity index (χ2n) is 7.86. The van der Waals surface area contributed by atoms with Crippen LogP contribution in [0.2, 0.25) is 5.15 Å². The Bertz CT molecular complexity index is 1250. The van der Waals surface area contributed by atoms with E-state index in [1.54, 1.807) is 6.20 Å². The van der Waals surface area contributed by atoms with Crippen LogP contribution in [-0.2, 0) is 17.6 Å². The third-order valence-electron chi connectivity index (χ3n) is 5.08. The molecule has 0 aliphatic heterocycles. The van der Waals surface area contributed by atoms with Crippen molar-refractivity contribution in [2.75, 3.05) is 24.6 Å². The smallest absolute Gasteiger partial charge is 0.303 e. The number of amides is 1. The summed E-state index contributed by atoms with van der Waals surface area (Å²) in [4.78, 5) is 40.1. The third kappa shape index (κ3) is 7.89. The molecule has 2 aromatic heterocycles. The molecule has 0 bridgehead atoms. The van der Waals surface area contributed by atoms with E-state index in [4.69, 9.17) is 33.9 Å². The van der Waals surface area contributed by atoms with Crippen molar-refractivity contribution < 1.29 is 14.7 Å². The topological polar surface area (TPSA) is 195 Å². The van der Waals surface area contributed by atoms with E-state index in [0.717, 1.165) is 34.7 Å². The zero-order valence-corrected chi connectivity index (χ0v) is 21.0. The highest BCUT2D eigenvalue weighted by atomic mass is 35.5. The minimum absolute atomic E-state index is 0.0407. The van der Waals surface area contributed by atoms with Gasteiger partial charge in [-0.05, 0) is 30.4 Å². The van der Waals surface area contributed by atoms with Crippen molar-refractivity contribution in [1.29, 1.82) is 0 Å². The average Bonchev–Trinajstić information content (AvgIpc) is 3.33. The largest absolute Gasteiger partial charge is 0.481 e. The lowest BCUT2D eigenvalue weighted by Gasteiger charge is -2.07. The molecule has 0 unspecified atom stereocenters. The Morgan fingerprint density at radius 2 is 1.83 bits per heavy atom. The predicted molar refractivity (Wildman–Crippen MR) is 141 cm³/mol. The van der Waals surface area contributed by atoms with Crippen LogP contribution in [0.3, 0.4) is 0 Å². The molecule has 0 saturated carbocycles. The number of carbonyl (C=O) groups is 2. The van der Waals surface area contributed by atoms with E-state index in [9.17, 15) is 9.59 Å². The Labute approximate surface area is 216 Å². The first-order valence-electron chi connectivity index (χ1n) is 11.1. The Balaban J connectivity index is 1.38. The number of unbranched alkanes of at least 4 members (excludes halogenated alkanes) is 1. The summed E-state index contributed by atoms with van der Waals surface area (Å²) in [5, 5.41) is 12.1. The average molecular weight is 531 g/mol. The van der Waals surface area contributed by atoms with E-state index >= 15 is 0 Å². The number of thiazole rings is 1. The van der Waals surface area contributed by atoms with Gasteiger partial charge >= 0.3 is 5.97 Å². The fourth-order valence-corrected chi connectivity index (χ4v) is 4.24. The number of carbonyl (C=O) groups excluding carboxylic acids is 1. The van der Waals surface area contributed by atoms with Crippen LogP contribution in [0.5, 0.6) is 0 Å². The van der Waals surface area contributed by atoms with Gasteiger partial charge in [0.05, 0.1) is 22.9 Å². The normalized spacial score (nSPS) is 11.4. The first-order chi connectivity index (χ1) is 17.2. The molecule has 36 heavy (non-hydrogen) atoms. The second-order valence-corrected chi connectivity index (χ2v) is 9.33. The summed E-state index contributed by atoms with van der Waals surface area (Å²) in [6, 6.07) is 8.26. The number of halogens is 1. The van der Waals surface area contributed by atoms with Crippen LogP contribution in [0.15, 0.2) is 35.5 Å². The van der Waals surface area contributed by atoms with Crippen LogP contribution < -0.4 is 22.5 Å². The lowest BCUT2D eigenvalue weighted by Crippen LogP contribution is -2.34. The van der Waals surface area contributed by atoms with Gasteiger partial charge in [-0.15, -0.1) is 11.3 Å². The molecule has 0 aliphatic carbocycles. The molecule has 0 aliphatic rings. The van der Waals surface area contributed by atoms with E-state index in [1.165, 1.54) is 16.9 Å². The zero-order valence-electron chi connectivity index (χ0n) is 19.4. The maximum atomic E-state index is 12.2. The number of aliphatic imine (C=N–C) groups is 1. The fourth-order valence-electron chi connectivity index (χ4n) is 3.19. The molecule has 2 heterocycles. The Hall–Kier alpha value is -3.77. The number of rotatable bonds is 12. The van der Waals surface area contributed by atoms with Gasteiger partial charge in [-0.25, -0.2) is 15.0 Å². The molecule has 0 spiro atoms. The number of aliphatic carboxylic acids is 1. The summed E-state index contributed by atoms with van der Waals surface area (Å²) in [6.07, 6.45) is 4.98. The quantitative estimate of drug-likeness (QED) is 0.133. The number of carboxylic acids is 1. The molecule has 11 nitrogen and oxygen atoms in total. The first kappa shape index (κ1) is 26.8. The number of anilines is 2. The molecule has 190 valence electrons. The molecule has 0 atom stereocenters. The van der Waals surface area contributed by atoms with Gasteiger partial charge in [0.1, 0.15) is 5.84 Å². The van der Waals surface area contributed by atoms with Crippen molar-refractivity contribution in [3.63, 3.8) is 0 Å². The maximum absolute atomic E-state index is 12.2. The Morgan fingerprint density at radius 1 is 1.08 bits per heavy atom. The zero-order chi connectivity index (χ0) is 26.1. The fraction of sp³-hybridized carbons (Fsp3) is 0.304. The van der Waals surface area contributed by atoms with Gasteiger partial charge in [0, 0.05) is 19.2 Å². The third-order valence-corrected chi connectivity index (χ3v) is 6.47. The second kappa shape index (κ2) is 12.8. The van der Waals surface area contributed by atoms with Crippen molar-refractivity contribution in [2.24, 2.45) is 10.7 Å². The summed E-state index contributed by atoms with van der Waals surface area (Å²) in [6.45, 7) is 0.578. The highest BCUT2D eigenvalue weighted by Crippen LogP contribution is 2.27. The first-order valence-corrected chi connectivity index (χ1v) is 12.3. The van der Waals surface area contributed by atoms with Crippen LogP contribution in [-0.4, -0.2) is 50.9 Å². The number of nitrogens with zero attached hydrogens (tertiary/aromatic N) is 4. The number of hydrogen-bond acceptors (Lipinski definition) is 9. The van der Waals surface area contributed by atoms with Crippen LogP contribution in [0.25, 0.3) is 10.4 Å². The molecule has 0 radical (unpaired) electrons. The van der Waals surface area contributed by atoms with Crippen LogP contribution in [0, 0.1) is 0 Å². The lowest BCUT2D eigenvalue weighted by molar-refractivity contribution is -0.136. The summed E-state index contributed by atoms with van der Waals surface area (Å²) in [5.74, 6) is -1.28. The number of aryl methyl sites for hydroxylation is 2. The maximum Gasteiger partial charge on any atom is 0.303 e. The van der Waals surface area contributed by atoms with Gasteiger partial charge in [0.15, 0.2) is 22.5 Å². The van der Waals surface area contributed by atoms with Gasteiger partial charge in [-0.3, -0.25) is 14.6 Å². The molecule has 8 N–H and O–H groups in total. The van der Waals surface area contributed by atoms with Crippen molar-refractivity contribution in [3.8, 4) is 10.4 Å². The van der Waals surface area contributed by atoms with Gasteiger partial charge in [0.25, 0.3) is 5.91 Å². The number of nitrogens with two attached hydrogens (primary N) is 3. The van der Waals surface area contributed by atoms with E-state index in [2.05, 4.69) is 37.4 Å². The minimum atomic E-state index is -0.822. The van der Waals surface area contributed by atoms with Crippen molar-refractivity contribution in [1.82, 2.24) is 20.3 Å². The minimum Gasteiger partial charge on any atom is -0.481 e. The Kier molecular flexibility index (Phi) is 9.53. The van der Waals surface area contributed by atoms with Crippen LogP contribution >= 0.6 is 22.9 Å². The Morgan fingerprint density at radius 3 is 2.56 bits per heavy atom.